The number of pyridine rings is 1. The molecule has 0 amide bonds. The monoisotopic (exact) mass is 548 g/mol. The van der Waals surface area contributed by atoms with Gasteiger partial charge in [0.1, 0.15) is 18.2 Å². The lowest BCUT2D eigenvalue weighted by Gasteiger charge is -2.25. The van der Waals surface area contributed by atoms with Crippen molar-refractivity contribution >= 4 is 35.2 Å². The number of ether oxygens (including phenoxy) is 3. The smallest absolute Gasteiger partial charge is 0.341 e. The van der Waals surface area contributed by atoms with Gasteiger partial charge in [-0.05, 0) is 19.2 Å². The van der Waals surface area contributed by atoms with Crippen molar-refractivity contribution in [3.8, 4) is 11.5 Å². The van der Waals surface area contributed by atoms with E-state index in [1.165, 1.54) is 19.5 Å². The van der Waals surface area contributed by atoms with E-state index in [1.54, 1.807) is 24.0 Å². The van der Waals surface area contributed by atoms with Crippen LogP contribution in [0.25, 0.3) is 0 Å². The molecule has 38 heavy (non-hydrogen) atoms. The number of benzene rings is 1. The summed E-state index contributed by atoms with van der Waals surface area (Å²) in [6, 6.07) is 4.58. The van der Waals surface area contributed by atoms with Crippen LogP contribution < -0.4 is 25.4 Å². The molecule has 1 atom stereocenters. The summed E-state index contributed by atoms with van der Waals surface area (Å²) in [5.74, 6) is -1.22. The number of hydrogen-bond acceptors (Lipinski definition) is 11. The summed E-state index contributed by atoms with van der Waals surface area (Å²) in [6.07, 6.45) is 6.44. The van der Waals surface area contributed by atoms with Gasteiger partial charge in [0.15, 0.2) is 17.3 Å². The Hall–Kier alpha value is -3.71. The van der Waals surface area contributed by atoms with Crippen LogP contribution in [0.1, 0.15) is 22.8 Å². The van der Waals surface area contributed by atoms with Crippen molar-refractivity contribution in [2.24, 2.45) is 5.73 Å². The predicted molar refractivity (Wildman–Crippen MR) is 142 cm³/mol. The molecule has 0 aliphatic rings. The van der Waals surface area contributed by atoms with Crippen molar-refractivity contribution in [3.05, 3.63) is 59.6 Å². The first-order valence-electron chi connectivity index (χ1n) is 11.6. The highest BCUT2D eigenvalue weighted by Crippen LogP contribution is 2.28. The zero-order chi connectivity index (χ0) is 27.7. The highest BCUT2D eigenvalue weighted by atomic mass is 32.2. The van der Waals surface area contributed by atoms with Crippen molar-refractivity contribution < 1.29 is 27.8 Å². The maximum atomic E-state index is 14.8. The second kappa shape index (κ2) is 13.7. The van der Waals surface area contributed by atoms with Crippen LogP contribution in [-0.4, -0.2) is 66.3 Å². The topological polar surface area (TPSA) is 125 Å². The molecule has 0 aliphatic carbocycles. The fourth-order valence-electron chi connectivity index (χ4n) is 3.46. The Morgan fingerprint density at radius 1 is 1.18 bits per heavy atom. The minimum atomic E-state index is -1.10. The molecule has 0 fully saturated rings. The van der Waals surface area contributed by atoms with Crippen LogP contribution in [-0.2, 0) is 11.3 Å². The molecule has 1 aromatic carbocycles. The second-order valence-corrected chi connectivity index (χ2v) is 9.18. The van der Waals surface area contributed by atoms with Gasteiger partial charge in [0.05, 0.1) is 37.7 Å². The number of nitrogens with zero attached hydrogens (tertiary/aromatic N) is 4. The van der Waals surface area contributed by atoms with Crippen molar-refractivity contribution in [1.29, 1.82) is 0 Å². The van der Waals surface area contributed by atoms with E-state index in [2.05, 4.69) is 29.9 Å². The highest BCUT2D eigenvalue weighted by Gasteiger charge is 2.24. The van der Waals surface area contributed by atoms with Gasteiger partial charge in [-0.15, -0.1) is 0 Å². The molecular formula is C25H30F2N6O4S. The third kappa shape index (κ3) is 7.42. The number of esters is 1. The number of aromatic nitrogens is 3. The standard InChI is InChI=1S/C25H30F2N6O4S/c1-15(28)13-33(7-8-38-4)21-9-16(5-6-29-21)32-25-30-11-17(12-31-25)37-14-19-22(26)18(24(34)36-3)10-20(35-2)23(19)27/h5-6,9-12,15H,7-8,13-14,28H2,1-4H3,(H,29,30,31,32)/t15-/m1/s1. The molecule has 13 heteroatoms. The minimum Gasteiger partial charge on any atom is -0.494 e. The van der Waals surface area contributed by atoms with Crippen LogP contribution in [0.15, 0.2) is 36.8 Å². The zero-order valence-electron chi connectivity index (χ0n) is 21.5. The number of anilines is 3. The van der Waals surface area contributed by atoms with E-state index in [4.69, 9.17) is 15.2 Å². The summed E-state index contributed by atoms with van der Waals surface area (Å²) < 4.78 is 44.4. The zero-order valence-corrected chi connectivity index (χ0v) is 22.3. The lowest BCUT2D eigenvalue weighted by molar-refractivity contribution is 0.0594. The number of nitrogens with one attached hydrogen (secondary N) is 1. The molecule has 2 heterocycles. The number of hydrogen-bond donors (Lipinski definition) is 2. The minimum absolute atomic E-state index is 0.0165. The first-order chi connectivity index (χ1) is 18.3. The highest BCUT2D eigenvalue weighted by molar-refractivity contribution is 7.98. The Kier molecular flexibility index (Phi) is 10.4. The molecule has 0 saturated heterocycles. The van der Waals surface area contributed by atoms with Crippen LogP contribution >= 0.6 is 11.8 Å². The van der Waals surface area contributed by atoms with Crippen molar-refractivity contribution in [3.63, 3.8) is 0 Å². The van der Waals surface area contributed by atoms with Crippen molar-refractivity contribution in [2.45, 2.75) is 19.6 Å². The molecule has 0 aliphatic heterocycles. The second-order valence-electron chi connectivity index (χ2n) is 8.20. The van der Waals surface area contributed by atoms with E-state index < -0.39 is 35.3 Å². The molecule has 3 N–H and O–H groups in total. The van der Waals surface area contributed by atoms with Gasteiger partial charge in [-0.1, -0.05) is 0 Å². The van der Waals surface area contributed by atoms with Gasteiger partial charge >= 0.3 is 5.97 Å². The Labute approximate surface area is 223 Å². The van der Waals surface area contributed by atoms with Gasteiger partial charge < -0.3 is 30.2 Å². The summed E-state index contributed by atoms with van der Waals surface area (Å²) in [4.78, 5) is 26.9. The molecule has 10 nitrogen and oxygen atoms in total. The molecule has 0 spiro atoms. The number of rotatable bonds is 13. The number of thioether (sulfide) groups is 1. The van der Waals surface area contributed by atoms with E-state index in [1.807, 2.05) is 19.2 Å². The van der Waals surface area contributed by atoms with E-state index in [-0.39, 0.29) is 23.5 Å². The van der Waals surface area contributed by atoms with E-state index in [0.29, 0.717) is 6.54 Å². The van der Waals surface area contributed by atoms with Crippen LogP contribution in [0.4, 0.5) is 26.2 Å². The molecule has 0 bridgehead atoms. The quantitative estimate of drug-likeness (QED) is 0.303. The third-order valence-corrected chi connectivity index (χ3v) is 5.88. The van der Waals surface area contributed by atoms with E-state index in [0.717, 1.165) is 37.0 Å². The predicted octanol–water partition coefficient (Wildman–Crippen LogP) is 3.78. The van der Waals surface area contributed by atoms with Crippen LogP contribution in [0.5, 0.6) is 11.5 Å². The Bertz CT molecular complexity index is 1230. The van der Waals surface area contributed by atoms with Crippen LogP contribution in [0.2, 0.25) is 0 Å². The lowest BCUT2D eigenvalue weighted by atomic mass is 10.1. The largest absolute Gasteiger partial charge is 0.494 e. The summed E-state index contributed by atoms with van der Waals surface area (Å²) >= 11 is 1.74. The number of carbonyl (C=O) groups excluding carboxylic acids is 1. The van der Waals surface area contributed by atoms with Gasteiger partial charge in [-0.2, -0.15) is 11.8 Å². The molecule has 3 rings (SSSR count). The van der Waals surface area contributed by atoms with Crippen LogP contribution in [0.3, 0.4) is 0 Å². The molecule has 0 unspecified atom stereocenters. The molecular weight excluding hydrogens is 518 g/mol. The SMILES string of the molecule is COC(=O)c1cc(OC)c(F)c(COc2cnc(Nc3ccnc(N(CCSC)C[C@@H](C)N)c3)nc2)c1F. The summed E-state index contributed by atoms with van der Waals surface area (Å²) in [5, 5.41) is 3.10. The summed E-state index contributed by atoms with van der Waals surface area (Å²) in [6.45, 7) is 2.88. The van der Waals surface area contributed by atoms with E-state index in [9.17, 15) is 13.6 Å². The van der Waals surface area contributed by atoms with Gasteiger partial charge in [-0.3, -0.25) is 0 Å². The Balaban J connectivity index is 1.71. The summed E-state index contributed by atoms with van der Waals surface area (Å²) in [5.41, 5.74) is 5.77. The average Bonchev–Trinajstić information content (AvgIpc) is 2.91. The van der Waals surface area contributed by atoms with Gasteiger partial charge in [0, 0.05) is 48.9 Å². The maximum Gasteiger partial charge on any atom is 0.341 e. The molecule has 0 radical (unpaired) electrons. The van der Waals surface area contributed by atoms with Crippen molar-refractivity contribution in [1.82, 2.24) is 15.0 Å². The normalized spacial score (nSPS) is 11.6. The van der Waals surface area contributed by atoms with Gasteiger partial charge in [-0.25, -0.2) is 28.5 Å². The Morgan fingerprint density at radius 3 is 2.55 bits per heavy atom. The average molecular weight is 549 g/mol. The number of nitrogens with two attached hydrogens (primary N) is 1. The Morgan fingerprint density at radius 2 is 1.92 bits per heavy atom. The van der Waals surface area contributed by atoms with Gasteiger partial charge in [0.2, 0.25) is 5.95 Å². The number of methoxy groups -OCH3 is 2. The van der Waals surface area contributed by atoms with Gasteiger partial charge in [0.25, 0.3) is 0 Å². The molecule has 2 aromatic heterocycles. The fourth-order valence-corrected chi connectivity index (χ4v) is 3.86. The number of carbonyl (C=O) groups is 1. The summed E-state index contributed by atoms with van der Waals surface area (Å²) in [7, 11) is 2.30. The van der Waals surface area contributed by atoms with Crippen molar-refractivity contribution in [2.75, 3.05) is 49.5 Å². The molecule has 204 valence electrons. The molecule has 3 aromatic rings. The van der Waals surface area contributed by atoms with Crippen LogP contribution in [0, 0.1) is 11.6 Å². The first-order valence-corrected chi connectivity index (χ1v) is 13.0. The lowest BCUT2D eigenvalue weighted by Crippen LogP contribution is -2.37. The number of halogens is 2. The van der Waals surface area contributed by atoms with E-state index >= 15 is 0 Å². The molecule has 0 saturated carbocycles. The first kappa shape index (κ1) is 28.9. The third-order valence-electron chi connectivity index (χ3n) is 5.29. The fraction of sp³-hybridized carbons (Fsp3) is 0.360. The maximum absolute atomic E-state index is 14.8.